The van der Waals surface area contributed by atoms with Crippen molar-refractivity contribution in [2.75, 3.05) is 15.4 Å². The van der Waals surface area contributed by atoms with E-state index in [1.165, 1.54) is 12.1 Å². The molecule has 0 unspecified atom stereocenters. The zero-order valence-electron chi connectivity index (χ0n) is 14.6. The summed E-state index contributed by atoms with van der Waals surface area (Å²) in [6.45, 7) is 1.88. The van der Waals surface area contributed by atoms with Crippen molar-refractivity contribution in [1.29, 1.82) is 0 Å². The van der Waals surface area contributed by atoms with E-state index in [9.17, 15) is 13.2 Å². The van der Waals surface area contributed by atoms with Crippen molar-refractivity contribution in [2.45, 2.75) is 11.8 Å². The molecule has 2 amide bonds. The van der Waals surface area contributed by atoms with Gasteiger partial charge in [0.25, 0.3) is 10.0 Å². The summed E-state index contributed by atoms with van der Waals surface area (Å²) in [5.74, 6) is 0. The van der Waals surface area contributed by atoms with Crippen LogP contribution in [0.4, 0.5) is 21.9 Å². The number of anilines is 3. The third-order valence-electron chi connectivity index (χ3n) is 3.78. The highest BCUT2D eigenvalue weighted by molar-refractivity contribution is 7.92. The third-order valence-corrected chi connectivity index (χ3v) is 5.16. The summed E-state index contributed by atoms with van der Waals surface area (Å²) >= 11 is 0. The number of urea groups is 1. The van der Waals surface area contributed by atoms with E-state index in [1.54, 1.807) is 60.7 Å². The number of carbonyl (C=O) groups excluding carboxylic acids is 1. The van der Waals surface area contributed by atoms with Gasteiger partial charge in [-0.15, -0.1) is 0 Å². The molecule has 0 saturated heterocycles. The van der Waals surface area contributed by atoms with Crippen LogP contribution in [0.1, 0.15) is 5.56 Å². The van der Waals surface area contributed by atoms with E-state index in [1.807, 2.05) is 13.0 Å². The van der Waals surface area contributed by atoms with E-state index >= 15 is 0 Å². The molecule has 0 fully saturated rings. The van der Waals surface area contributed by atoms with Crippen LogP contribution in [0.2, 0.25) is 0 Å². The van der Waals surface area contributed by atoms with Gasteiger partial charge in [-0.1, -0.05) is 48.0 Å². The summed E-state index contributed by atoms with van der Waals surface area (Å²) in [4.78, 5) is 12.4. The lowest BCUT2D eigenvalue weighted by Gasteiger charge is -2.14. The Balaban J connectivity index is 1.77. The maximum atomic E-state index is 12.6. The van der Waals surface area contributed by atoms with Crippen molar-refractivity contribution < 1.29 is 13.2 Å². The number of benzene rings is 3. The second kappa shape index (κ2) is 7.92. The Hall–Kier alpha value is -3.32. The van der Waals surface area contributed by atoms with Gasteiger partial charge in [-0.05, 0) is 43.3 Å². The largest absolute Gasteiger partial charge is 0.323 e. The highest BCUT2D eigenvalue weighted by Crippen LogP contribution is 2.25. The zero-order valence-corrected chi connectivity index (χ0v) is 15.5. The van der Waals surface area contributed by atoms with Crippen LogP contribution in [0, 0.1) is 6.92 Å². The Kier molecular flexibility index (Phi) is 5.42. The molecule has 0 aromatic heterocycles. The maximum absolute atomic E-state index is 12.6. The molecular formula is C20H19N3O3S. The maximum Gasteiger partial charge on any atom is 0.323 e. The predicted molar refractivity (Wildman–Crippen MR) is 108 cm³/mol. The van der Waals surface area contributed by atoms with Gasteiger partial charge in [0.15, 0.2) is 0 Å². The van der Waals surface area contributed by atoms with Crippen LogP contribution < -0.4 is 15.4 Å². The fourth-order valence-electron chi connectivity index (χ4n) is 2.41. The van der Waals surface area contributed by atoms with Gasteiger partial charge in [0.05, 0.1) is 16.3 Å². The molecule has 3 aromatic carbocycles. The van der Waals surface area contributed by atoms with E-state index < -0.39 is 16.1 Å². The van der Waals surface area contributed by atoms with Crippen molar-refractivity contribution in [3.63, 3.8) is 0 Å². The lowest BCUT2D eigenvalue weighted by Crippen LogP contribution is -2.21. The molecule has 0 spiro atoms. The molecule has 3 rings (SSSR count). The summed E-state index contributed by atoms with van der Waals surface area (Å²) in [7, 11) is -3.77. The minimum Gasteiger partial charge on any atom is -0.308 e. The molecule has 6 nitrogen and oxygen atoms in total. The number of nitrogens with one attached hydrogen (secondary N) is 3. The van der Waals surface area contributed by atoms with Crippen molar-refractivity contribution >= 4 is 33.1 Å². The normalized spacial score (nSPS) is 10.9. The first-order valence-corrected chi connectivity index (χ1v) is 9.74. The Bertz CT molecular complexity index is 1030. The molecule has 0 atom stereocenters. The van der Waals surface area contributed by atoms with Crippen LogP contribution in [0.3, 0.4) is 0 Å². The molecule has 0 aliphatic rings. The number of carbonyl (C=O) groups is 1. The molecule has 0 aliphatic heterocycles. The Morgan fingerprint density at radius 2 is 1.33 bits per heavy atom. The van der Waals surface area contributed by atoms with Gasteiger partial charge >= 0.3 is 6.03 Å². The van der Waals surface area contributed by atoms with Crippen LogP contribution >= 0.6 is 0 Å². The Labute approximate surface area is 158 Å². The van der Waals surface area contributed by atoms with Gasteiger partial charge in [0, 0.05) is 5.69 Å². The number of para-hydroxylation sites is 3. The van der Waals surface area contributed by atoms with E-state index in [2.05, 4.69) is 15.4 Å². The summed E-state index contributed by atoms with van der Waals surface area (Å²) in [5, 5.41) is 5.36. The number of amides is 2. The first-order chi connectivity index (χ1) is 12.9. The molecule has 0 aliphatic carbocycles. The Morgan fingerprint density at radius 1 is 0.741 bits per heavy atom. The fraction of sp³-hybridized carbons (Fsp3) is 0.0500. The molecule has 0 saturated carbocycles. The number of aryl methyl sites for hydroxylation is 1. The number of rotatable bonds is 5. The molecular weight excluding hydrogens is 362 g/mol. The number of sulfonamides is 1. The van der Waals surface area contributed by atoms with Crippen LogP contribution in [0.25, 0.3) is 0 Å². The van der Waals surface area contributed by atoms with Gasteiger partial charge < -0.3 is 10.6 Å². The molecule has 0 radical (unpaired) electrons. The van der Waals surface area contributed by atoms with Crippen LogP contribution in [0.5, 0.6) is 0 Å². The zero-order chi connectivity index (χ0) is 19.3. The minimum absolute atomic E-state index is 0.150. The highest BCUT2D eigenvalue weighted by Gasteiger charge is 2.16. The average molecular weight is 381 g/mol. The molecule has 138 valence electrons. The van der Waals surface area contributed by atoms with Crippen molar-refractivity contribution in [2.24, 2.45) is 0 Å². The molecule has 0 heterocycles. The van der Waals surface area contributed by atoms with Crippen LogP contribution in [-0.4, -0.2) is 14.4 Å². The molecule has 0 bridgehead atoms. The summed E-state index contributed by atoms with van der Waals surface area (Å²) in [5.41, 5.74) is 2.23. The standard InChI is InChI=1S/C20H19N3O3S/c1-15-11-13-17(14-12-15)27(25,26)23-19-10-6-5-9-18(19)22-20(24)21-16-7-3-2-4-8-16/h2-14,23H,1H3,(H2,21,22,24). The van der Waals surface area contributed by atoms with Gasteiger partial charge in [0.1, 0.15) is 0 Å². The van der Waals surface area contributed by atoms with Gasteiger partial charge in [-0.3, -0.25) is 4.72 Å². The molecule has 7 heteroatoms. The molecule has 3 N–H and O–H groups in total. The van der Waals surface area contributed by atoms with Gasteiger partial charge in [-0.2, -0.15) is 0 Å². The van der Waals surface area contributed by atoms with Crippen molar-refractivity contribution in [3.8, 4) is 0 Å². The fourth-order valence-corrected chi connectivity index (χ4v) is 3.49. The topological polar surface area (TPSA) is 87.3 Å². The Morgan fingerprint density at radius 3 is 2.00 bits per heavy atom. The summed E-state index contributed by atoms with van der Waals surface area (Å²) < 4.78 is 27.7. The van der Waals surface area contributed by atoms with E-state index in [4.69, 9.17) is 0 Å². The van der Waals surface area contributed by atoms with E-state index in [-0.39, 0.29) is 10.6 Å². The number of hydrogen-bond donors (Lipinski definition) is 3. The highest BCUT2D eigenvalue weighted by atomic mass is 32.2. The molecule has 3 aromatic rings. The summed E-state index contributed by atoms with van der Waals surface area (Å²) in [6.07, 6.45) is 0. The van der Waals surface area contributed by atoms with Crippen molar-refractivity contribution in [3.05, 3.63) is 84.4 Å². The lowest BCUT2D eigenvalue weighted by atomic mass is 10.2. The lowest BCUT2D eigenvalue weighted by molar-refractivity contribution is 0.262. The van der Waals surface area contributed by atoms with Gasteiger partial charge in [0.2, 0.25) is 0 Å². The average Bonchev–Trinajstić information content (AvgIpc) is 2.64. The van der Waals surface area contributed by atoms with E-state index in [0.29, 0.717) is 11.4 Å². The van der Waals surface area contributed by atoms with E-state index in [0.717, 1.165) is 5.56 Å². The molecule has 27 heavy (non-hydrogen) atoms. The first-order valence-electron chi connectivity index (χ1n) is 8.26. The second-order valence-corrected chi connectivity index (χ2v) is 7.59. The smallest absolute Gasteiger partial charge is 0.308 e. The SMILES string of the molecule is Cc1ccc(S(=O)(=O)Nc2ccccc2NC(=O)Nc2ccccc2)cc1. The minimum atomic E-state index is -3.77. The van der Waals surface area contributed by atoms with Crippen molar-refractivity contribution in [1.82, 2.24) is 0 Å². The third kappa shape index (κ3) is 4.86. The summed E-state index contributed by atoms with van der Waals surface area (Å²) in [6, 6.07) is 21.6. The van der Waals surface area contributed by atoms with Crippen LogP contribution in [-0.2, 0) is 10.0 Å². The predicted octanol–water partition coefficient (Wildman–Crippen LogP) is 4.44. The van der Waals surface area contributed by atoms with Crippen LogP contribution in [0.15, 0.2) is 83.8 Å². The monoisotopic (exact) mass is 381 g/mol. The van der Waals surface area contributed by atoms with Gasteiger partial charge in [-0.25, -0.2) is 13.2 Å². The second-order valence-electron chi connectivity index (χ2n) is 5.91. The number of hydrogen-bond acceptors (Lipinski definition) is 3. The first kappa shape index (κ1) is 18.5. The quantitative estimate of drug-likeness (QED) is 0.610.